The van der Waals surface area contributed by atoms with Gasteiger partial charge in [0.25, 0.3) is 0 Å². The van der Waals surface area contributed by atoms with Crippen LogP contribution < -0.4 is 5.32 Å². The molecule has 0 aliphatic heterocycles. The molecule has 0 aliphatic carbocycles. The Morgan fingerprint density at radius 3 is 2.37 bits per heavy atom. The number of rotatable bonds is 3. The largest absolute Gasteiger partial charge is 0.439 e. The Kier molecular flexibility index (Phi) is 3.76. The molecular formula is C16H22N2O. The smallest absolute Gasteiger partial charge is 0.208 e. The second-order valence-electron chi connectivity index (χ2n) is 5.99. The van der Waals surface area contributed by atoms with E-state index in [4.69, 9.17) is 4.42 Å². The summed E-state index contributed by atoms with van der Waals surface area (Å²) in [5.74, 6) is 1.58. The minimum atomic E-state index is 0.0627. The van der Waals surface area contributed by atoms with Crippen LogP contribution in [0.25, 0.3) is 11.3 Å². The van der Waals surface area contributed by atoms with Crippen LogP contribution in [-0.2, 0) is 6.54 Å². The van der Waals surface area contributed by atoms with Crippen molar-refractivity contribution in [1.29, 1.82) is 0 Å². The average molecular weight is 258 g/mol. The number of aryl methyl sites for hydroxylation is 2. The van der Waals surface area contributed by atoms with Crippen LogP contribution in [0.4, 0.5) is 0 Å². The molecule has 0 bridgehead atoms. The van der Waals surface area contributed by atoms with E-state index in [-0.39, 0.29) is 5.54 Å². The fraction of sp³-hybridized carbons (Fsp3) is 0.438. The molecule has 2 rings (SSSR count). The van der Waals surface area contributed by atoms with Crippen LogP contribution in [-0.4, -0.2) is 10.5 Å². The molecule has 102 valence electrons. The lowest BCUT2D eigenvalue weighted by atomic mass is 10.0. The van der Waals surface area contributed by atoms with Crippen molar-refractivity contribution in [3.8, 4) is 11.3 Å². The first-order valence-corrected chi connectivity index (χ1v) is 6.63. The van der Waals surface area contributed by atoms with E-state index in [1.807, 2.05) is 6.20 Å². The first-order chi connectivity index (χ1) is 8.87. The zero-order chi connectivity index (χ0) is 14.0. The monoisotopic (exact) mass is 258 g/mol. The summed E-state index contributed by atoms with van der Waals surface area (Å²) in [5.41, 5.74) is 3.64. The molecule has 3 heteroatoms. The van der Waals surface area contributed by atoms with Crippen molar-refractivity contribution in [3.63, 3.8) is 0 Å². The summed E-state index contributed by atoms with van der Waals surface area (Å²) in [6.45, 7) is 11.2. The molecule has 3 nitrogen and oxygen atoms in total. The number of hydrogen-bond acceptors (Lipinski definition) is 3. The maximum absolute atomic E-state index is 5.85. The van der Waals surface area contributed by atoms with Crippen LogP contribution in [0.5, 0.6) is 0 Å². The van der Waals surface area contributed by atoms with E-state index in [0.29, 0.717) is 6.54 Å². The molecule has 2 aromatic rings. The van der Waals surface area contributed by atoms with Crippen LogP contribution in [0.3, 0.4) is 0 Å². The van der Waals surface area contributed by atoms with E-state index < -0.39 is 0 Å². The highest BCUT2D eigenvalue weighted by Crippen LogP contribution is 2.27. The lowest BCUT2D eigenvalue weighted by Gasteiger charge is -2.18. The predicted octanol–water partition coefficient (Wildman–Crippen LogP) is 3.85. The maximum Gasteiger partial charge on any atom is 0.208 e. The predicted molar refractivity (Wildman–Crippen MR) is 78.0 cm³/mol. The number of nitrogens with zero attached hydrogens (tertiary/aromatic N) is 1. The average Bonchev–Trinajstić information content (AvgIpc) is 2.74. The number of oxazole rings is 1. The van der Waals surface area contributed by atoms with E-state index in [9.17, 15) is 0 Å². The highest BCUT2D eigenvalue weighted by atomic mass is 16.4. The summed E-state index contributed by atoms with van der Waals surface area (Å²) in [6.07, 6.45) is 1.81. The molecule has 0 atom stereocenters. The molecule has 1 N–H and O–H groups in total. The second kappa shape index (κ2) is 5.17. The molecule has 0 amide bonds. The lowest BCUT2D eigenvalue weighted by molar-refractivity contribution is 0.383. The number of aromatic nitrogens is 1. The quantitative estimate of drug-likeness (QED) is 0.908. The van der Waals surface area contributed by atoms with E-state index in [0.717, 1.165) is 17.2 Å². The molecule has 0 spiro atoms. The number of benzene rings is 1. The summed E-state index contributed by atoms with van der Waals surface area (Å²) >= 11 is 0. The Hall–Kier alpha value is -1.61. The minimum Gasteiger partial charge on any atom is -0.439 e. The molecular weight excluding hydrogens is 236 g/mol. The Bertz CT molecular complexity index is 544. The maximum atomic E-state index is 5.85. The number of nitrogens with one attached hydrogen (secondary N) is 1. The summed E-state index contributed by atoms with van der Waals surface area (Å²) in [4.78, 5) is 4.35. The second-order valence-corrected chi connectivity index (χ2v) is 5.99. The van der Waals surface area contributed by atoms with Crippen molar-refractivity contribution in [1.82, 2.24) is 10.3 Å². The molecule has 0 radical (unpaired) electrons. The lowest BCUT2D eigenvalue weighted by Crippen LogP contribution is -2.35. The molecule has 0 aliphatic rings. The normalized spacial score (nSPS) is 11.8. The molecule has 19 heavy (non-hydrogen) atoms. The molecule has 0 saturated heterocycles. The van der Waals surface area contributed by atoms with Crippen LogP contribution in [0.15, 0.2) is 28.8 Å². The highest BCUT2D eigenvalue weighted by molar-refractivity contribution is 5.65. The summed E-state index contributed by atoms with van der Waals surface area (Å²) in [7, 11) is 0. The van der Waals surface area contributed by atoms with Crippen molar-refractivity contribution in [3.05, 3.63) is 41.4 Å². The van der Waals surface area contributed by atoms with Gasteiger partial charge in [0.15, 0.2) is 5.76 Å². The van der Waals surface area contributed by atoms with Gasteiger partial charge in [-0.1, -0.05) is 18.2 Å². The van der Waals surface area contributed by atoms with Crippen molar-refractivity contribution < 1.29 is 4.42 Å². The minimum absolute atomic E-state index is 0.0627. The van der Waals surface area contributed by atoms with Gasteiger partial charge in [0, 0.05) is 11.1 Å². The third-order valence-corrected chi connectivity index (χ3v) is 3.05. The number of hydrogen-bond donors (Lipinski definition) is 1. The van der Waals surface area contributed by atoms with E-state index in [2.05, 4.69) is 63.1 Å². The highest BCUT2D eigenvalue weighted by Gasteiger charge is 2.13. The zero-order valence-electron chi connectivity index (χ0n) is 12.4. The van der Waals surface area contributed by atoms with Gasteiger partial charge in [-0.05, 0) is 45.7 Å². The van der Waals surface area contributed by atoms with Gasteiger partial charge in [-0.3, -0.25) is 0 Å². The molecule has 1 heterocycles. The zero-order valence-corrected chi connectivity index (χ0v) is 12.4. The van der Waals surface area contributed by atoms with Gasteiger partial charge in [0.2, 0.25) is 5.89 Å². The topological polar surface area (TPSA) is 38.1 Å². The molecule has 0 fully saturated rings. The Labute approximate surface area is 115 Å². The van der Waals surface area contributed by atoms with Crippen LogP contribution >= 0.6 is 0 Å². The van der Waals surface area contributed by atoms with Gasteiger partial charge in [-0.25, -0.2) is 4.98 Å². The first-order valence-electron chi connectivity index (χ1n) is 6.63. The van der Waals surface area contributed by atoms with Crippen LogP contribution in [0.1, 0.15) is 37.8 Å². The Morgan fingerprint density at radius 1 is 1.16 bits per heavy atom. The van der Waals surface area contributed by atoms with Crippen molar-refractivity contribution >= 4 is 0 Å². The van der Waals surface area contributed by atoms with Gasteiger partial charge in [-0.2, -0.15) is 0 Å². The first kappa shape index (κ1) is 13.8. The van der Waals surface area contributed by atoms with E-state index >= 15 is 0 Å². The van der Waals surface area contributed by atoms with Crippen LogP contribution in [0, 0.1) is 13.8 Å². The van der Waals surface area contributed by atoms with Crippen molar-refractivity contribution in [2.45, 2.75) is 46.7 Å². The summed E-state index contributed by atoms with van der Waals surface area (Å²) in [5, 5.41) is 3.38. The van der Waals surface area contributed by atoms with Gasteiger partial charge in [0.05, 0.1) is 12.7 Å². The third kappa shape index (κ3) is 3.44. The van der Waals surface area contributed by atoms with Crippen molar-refractivity contribution in [2.75, 3.05) is 0 Å². The summed E-state index contributed by atoms with van der Waals surface area (Å²) in [6, 6.07) is 6.25. The Morgan fingerprint density at radius 2 is 1.79 bits per heavy atom. The SMILES string of the molecule is Cc1cccc(C)c1-c1cnc(CNC(C)(C)C)o1. The molecule has 0 saturated carbocycles. The van der Waals surface area contributed by atoms with Crippen molar-refractivity contribution in [2.24, 2.45) is 0 Å². The molecule has 1 aromatic heterocycles. The molecule has 0 unspecified atom stereocenters. The van der Waals surface area contributed by atoms with E-state index in [1.165, 1.54) is 11.1 Å². The Balaban J connectivity index is 2.22. The van der Waals surface area contributed by atoms with Gasteiger partial charge in [0.1, 0.15) is 0 Å². The van der Waals surface area contributed by atoms with Crippen LogP contribution in [0.2, 0.25) is 0 Å². The fourth-order valence-electron chi connectivity index (χ4n) is 2.05. The third-order valence-electron chi connectivity index (χ3n) is 3.05. The van der Waals surface area contributed by atoms with Gasteiger partial charge >= 0.3 is 0 Å². The summed E-state index contributed by atoms with van der Waals surface area (Å²) < 4.78 is 5.85. The van der Waals surface area contributed by atoms with E-state index in [1.54, 1.807) is 0 Å². The van der Waals surface area contributed by atoms with Gasteiger partial charge in [-0.15, -0.1) is 0 Å². The fourth-order valence-corrected chi connectivity index (χ4v) is 2.05. The molecule has 1 aromatic carbocycles. The standard InChI is InChI=1S/C16H22N2O/c1-11-7-6-8-12(2)15(11)13-9-17-14(19-13)10-18-16(3,4)5/h6-9,18H,10H2,1-5H3. The van der Waals surface area contributed by atoms with Gasteiger partial charge < -0.3 is 9.73 Å².